The van der Waals surface area contributed by atoms with E-state index in [1.54, 1.807) is 7.11 Å². The number of hydrogen-bond donors (Lipinski definition) is 1. The monoisotopic (exact) mass is 285 g/mol. The molecule has 0 fully saturated rings. The van der Waals surface area contributed by atoms with Crippen LogP contribution in [0, 0.1) is 20.8 Å². The molecule has 0 bridgehead atoms. The van der Waals surface area contributed by atoms with E-state index in [4.69, 9.17) is 15.2 Å². The summed E-state index contributed by atoms with van der Waals surface area (Å²) in [5, 5.41) is 0. The van der Waals surface area contributed by atoms with Crippen LogP contribution in [0.1, 0.15) is 27.8 Å². The Hall–Kier alpha value is -2.00. The normalized spacial score (nSPS) is 10.5. The molecule has 0 saturated carbocycles. The highest BCUT2D eigenvalue weighted by Gasteiger charge is 2.09. The van der Waals surface area contributed by atoms with Crippen LogP contribution in [0.5, 0.6) is 11.5 Å². The van der Waals surface area contributed by atoms with Gasteiger partial charge in [0.25, 0.3) is 0 Å². The summed E-state index contributed by atoms with van der Waals surface area (Å²) in [5.74, 6) is 1.77. The van der Waals surface area contributed by atoms with Crippen molar-refractivity contribution < 1.29 is 9.47 Å². The van der Waals surface area contributed by atoms with Crippen molar-refractivity contribution in [1.29, 1.82) is 0 Å². The number of hydrogen-bond acceptors (Lipinski definition) is 3. The van der Waals surface area contributed by atoms with Gasteiger partial charge in [-0.1, -0.05) is 23.8 Å². The van der Waals surface area contributed by atoms with E-state index in [0.717, 1.165) is 33.8 Å². The molecule has 0 aliphatic carbocycles. The Morgan fingerprint density at radius 2 is 1.67 bits per heavy atom. The minimum atomic E-state index is 0.474. The van der Waals surface area contributed by atoms with Gasteiger partial charge in [-0.2, -0.15) is 0 Å². The first-order valence-corrected chi connectivity index (χ1v) is 7.11. The van der Waals surface area contributed by atoms with Crippen LogP contribution in [0.25, 0.3) is 0 Å². The lowest BCUT2D eigenvalue weighted by Crippen LogP contribution is -2.04. The number of aryl methyl sites for hydroxylation is 3. The molecule has 0 saturated heterocycles. The van der Waals surface area contributed by atoms with Gasteiger partial charge in [0.05, 0.1) is 7.11 Å². The van der Waals surface area contributed by atoms with Crippen LogP contribution in [0.4, 0.5) is 0 Å². The smallest absolute Gasteiger partial charge is 0.125 e. The second-order valence-corrected chi connectivity index (χ2v) is 5.37. The topological polar surface area (TPSA) is 44.5 Å². The summed E-state index contributed by atoms with van der Waals surface area (Å²) in [6.45, 7) is 7.23. The molecule has 0 amide bonds. The van der Waals surface area contributed by atoms with Crippen molar-refractivity contribution in [3.05, 3.63) is 58.1 Å². The predicted molar refractivity (Wildman–Crippen MR) is 85.9 cm³/mol. The van der Waals surface area contributed by atoms with E-state index in [0.29, 0.717) is 13.2 Å². The van der Waals surface area contributed by atoms with E-state index in [1.807, 2.05) is 18.2 Å². The Bertz CT molecular complexity index is 612. The summed E-state index contributed by atoms with van der Waals surface area (Å²) in [6.07, 6.45) is 0. The highest BCUT2D eigenvalue weighted by molar-refractivity contribution is 5.44. The summed E-state index contributed by atoms with van der Waals surface area (Å²) in [4.78, 5) is 0. The molecule has 0 aromatic heterocycles. The molecular weight excluding hydrogens is 262 g/mol. The van der Waals surface area contributed by atoms with E-state index in [1.165, 1.54) is 5.56 Å². The fourth-order valence-electron chi connectivity index (χ4n) is 2.62. The Labute approximate surface area is 126 Å². The maximum absolute atomic E-state index is 6.03. The molecule has 0 aliphatic rings. The number of ether oxygens (including phenoxy) is 2. The molecule has 0 atom stereocenters. The lowest BCUT2D eigenvalue weighted by atomic mass is 10.1. The minimum absolute atomic E-state index is 0.474. The highest BCUT2D eigenvalue weighted by atomic mass is 16.5. The van der Waals surface area contributed by atoms with Crippen molar-refractivity contribution in [3.8, 4) is 11.5 Å². The third-order valence-electron chi connectivity index (χ3n) is 3.56. The number of benzene rings is 2. The van der Waals surface area contributed by atoms with E-state index in [9.17, 15) is 0 Å². The largest absolute Gasteiger partial charge is 0.496 e. The van der Waals surface area contributed by atoms with Gasteiger partial charge in [-0.15, -0.1) is 0 Å². The molecule has 21 heavy (non-hydrogen) atoms. The van der Waals surface area contributed by atoms with Gasteiger partial charge in [-0.3, -0.25) is 0 Å². The van der Waals surface area contributed by atoms with Gasteiger partial charge in [-0.05, 0) is 49.6 Å². The van der Waals surface area contributed by atoms with Crippen molar-refractivity contribution in [1.82, 2.24) is 0 Å². The predicted octanol–water partition coefficient (Wildman–Crippen LogP) is 3.66. The fourth-order valence-corrected chi connectivity index (χ4v) is 2.62. The van der Waals surface area contributed by atoms with Gasteiger partial charge in [-0.25, -0.2) is 0 Å². The molecule has 0 unspecified atom stereocenters. The van der Waals surface area contributed by atoms with Crippen LogP contribution < -0.4 is 15.2 Å². The van der Waals surface area contributed by atoms with Crippen LogP contribution in [-0.2, 0) is 13.2 Å². The Kier molecular flexibility index (Phi) is 4.86. The lowest BCUT2D eigenvalue weighted by Gasteiger charge is -2.15. The second kappa shape index (κ2) is 6.64. The molecule has 0 spiro atoms. The third-order valence-corrected chi connectivity index (χ3v) is 3.56. The van der Waals surface area contributed by atoms with Crippen molar-refractivity contribution in [2.24, 2.45) is 5.73 Å². The molecule has 2 N–H and O–H groups in total. The standard InChI is InChI=1S/C18H23NO2/c1-12-7-13(2)18(14(3)8-12)21-11-16-9-15(10-19)5-6-17(16)20-4/h5-9H,10-11,19H2,1-4H3. The van der Waals surface area contributed by atoms with Crippen LogP contribution >= 0.6 is 0 Å². The quantitative estimate of drug-likeness (QED) is 0.912. The van der Waals surface area contributed by atoms with Crippen molar-refractivity contribution >= 4 is 0 Å². The summed E-state index contributed by atoms with van der Waals surface area (Å²) in [5.41, 5.74) is 11.3. The summed E-state index contributed by atoms with van der Waals surface area (Å²) >= 11 is 0. The molecule has 2 rings (SSSR count). The third kappa shape index (κ3) is 3.56. The van der Waals surface area contributed by atoms with Crippen LogP contribution in [0.3, 0.4) is 0 Å². The van der Waals surface area contributed by atoms with E-state index >= 15 is 0 Å². The Morgan fingerprint density at radius 3 is 2.24 bits per heavy atom. The van der Waals surface area contributed by atoms with Crippen LogP contribution in [0.2, 0.25) is 0 Å². The van der Waals surface area contributed by atoms with Gasteiger partial charge < -0.3 is 15.2 Å². The minimum Gasteiger partial charge on any atom is -0.496 e. The maximum atomic E-state index is 6.03. The van der Waals surface area contributed by atoms with E-state index in [-0.39, 0.29) is 0 Å². The molecule has 2 aromatic rings. The lowest BCUT2D eigenvalue weighted by molar-refractivity contribution is 0.292. The molecule has 0 aliphatic heterocycles. The molecule has 3 nitrogen and oxygen atoms in total. The summed E-state index contributed by atoms with van der Waals surface area (Å²) in [6, 6.07) is 10.2. The average Bonchev–Trinajstić information content (AvgIpc) is 2.45. The number of nitrogens with two attached hydrogens (primary N) is 1. The highest BCUT2D eigenvalue weighted by Crippen LogP contribution is 2.27. The number of rotatable bonds is 5. The van der Waals surface area contributed by atoms with Crippen molar-refractivity contribution in [3.63, 3.8) is 0 Å². The number of methoxy groups -OCH3 is 1. The fraction of sp³-hybridized carbons (Fsp3) is 0.333. The zero-order valence-electron chi connectivity index (χ0n) is 13.2. The Balaban J connectivity index is 2.24. The molecular formula is C18H23NO2. The van der Waals surface area contributed by atoms with Gasteiger partial charge in [0.15, 0.2) is 0 Å². The Morgan fingerprint density at radius 1 is 1.00 bits per heavy atom. The first-order valence-electron chi connectivity index (χ1n) is 7.11. The molecule has 2 aromatic carbocycles. The van der Waals surface area contributed by atoms with E-state index in [2.05, 4.69) is 32.9 Å². The zero-order valence-corrected chi connectivity index (χ0v) is 13.2. The first kappa shape index (κ1) is 15.4. The average molecular weight is 285 g/mol. The van der Waals surface area contributed by atoms with E-state index < -0.39 is 0 Å². The molecule has 3 heteroatoms. The van der Waals surface area contributed by atoms with Gasteiger partial charge >= 0.3 is 0 Å². The SMILES string of the molecule is COc1ccc(CN)cc1COc1c(C)cc(C)cc1C. The van der Waals surface area contributed by atoms with Crippen molar-refractivity contribution in [2.45, 2.75) is 33.9 Å². The van der Waals surface area contributed by atoms with Gasteiger partial charge in [0, 0.05) is 12.1 Å². The second-order valence-electron chi connectivity index (χ2n) is 5.37. The van der Waals surface area contributed by atoms with Crippen LogP contribution in [0.15, 0.2) is 30.3 Å². The molecule has 0 heterocycles. The van der Waals surface area contributed by atoms with Crippen molar-refractivity contribution in [2.75, 3.05) is 7.11 Å². The zero-order chi connectivity index (χ0) is 15.4. The maximum Gasteiger partial charge on any atom is 0.125 e. The summed E-state index contributed by atoms with van der Waals surface area (Å²) in [7, 11) is 1.67. The van der Waals surface area contributed by atoms with Gasteiger partial charge in [0.2, 0.25) is 0 Å². The van der Waals surface area contributed by atoms with Gasteiger partial charge in [0.1, 0.15) is 18.1 Å². The molecule has 112 valence electrons. The first-order chi connectivity index (χ1) is 10.0. The van der Waals surface area contributed by atoms with Crippen LogP contribution in [-0.4, -0.2) is 7.11 Å². The summed E-state index contributed by atoms with van der Waals surface area (Å²) < 4.78 is 11.4. The molecule has 0 radical (unpaired) electrons.